The topological polar surface area (TPSA) is 83.5 Å². The van der Waals surface area contributed by atoms with Crippen LogP contribution < -0.4 is 15.1 Å². The molecule has 8 nitrogen and oxygen atoms in total. The number of pyridine rings is 1. The molecule has 2 atom stereocenters. The molecule has 0 radical (unpaired) electrons. The predicted octanol–water partition coefficient (Wildman–Crippen LogP) is 0.961. The third-order valence-corrected chi connectivity index (χ3v) is 4.59. The molecule has 2 aromatic rings. The number of anilines is 2. The third kappa shape index (κ3) is 3.91. The molecule has 0 aromatic carbocycles. The number of hydrogen-bond acceptors (Lipinski definition) is 7. The lowest BCUT2D eigenvalue weighted by atomic mass is 10.1. The number of amides is 1. The Kier molecular flexibility index (Phi) is 5.62. The molecule has 1 amide bonds. The summed E-state index contributed by atoms with van der Waals surface area (Å²) in [6.07, 6.45) is 7.47. The first kappa shape index (κ1) is 18.1. The van der Waals surface area contributed by atoms with E-state index < -0.39 is 0 Å². The minimum atomic E-state index is -0.134. The van der Waals surface area contributed by atoms with Gasteiger partial charge in [0.15, 0.2) is 0 Å². The predicted molar refractivity (Wildman–Crippen MR) is 99.5 cm³/mol. The number of methoxy groups -OCH3 is 1. The summed E-state index contributed by atoms with van der Waals surface area (Å²) in [6, 6.07) is 3.81. The number of hydrogen-bond donors (Lipinski definition) is 1. The molecule has 26 heavy (non-hydrogen) atoms. The van der Waals surface area contributed by atoms with E-state index in [0.29, 0.717) is 12.1 Å². The molecule has 0 aliphatic carbocycles. The summed E-state index contributed by atoms with van der Waals surface area (Å²) in [4.78, 5) is 29.1. The number of carbonyl (C=O) groups excluding carboxylic acids is 1. The molecule has 1 aliphatic rings. The van der Waals surface area contributed by atoms with Gasteiger partial charge in [-0.05, 0) is 18.6 Å². The Morgan fingerprint density at radius 1 is 1.35 bits per heavy atom. The maximum Gasteiger partial charge on any atom is 0.255 e. The van der Waals surface area contributed by atoms with Crippen molar-refractivity contribution in [3.05, 3.63) is 42.6 Å². The van der Waals surface area contributed by atoms with Gasteiger partial charge in [0.2, 0.25) is 0 Å². The Balaban J connectivity index is 1.70. The molecule has 3 rings (SSSR count). The largest absolute Gasteiger partial charge is 0.380 e. The van der Waals surface area contributed by atoms with Crippen molar-refractivity contribution in [1.82, 2.24) is 20.3 Å². The lowest BCUT2D eigenvalue weighted by Gasteiger charge is -2.25. The molecule has 1 saturated heterocycles. The zero-order valence-corrected chi connectivity index (χ0v) is 15.3. The highest BCUT2D eigenvalue weighted by Crippen LogP contribution is 2.25. The highest BCUT2D eigenvalue weighted by atomic mass is 16.5. The minimum absolute atomic E-state index is 0.110. The summed E-state index contributed by atoms with van der Waals surface area (Å²) in [5.41, 5.74) is 1.40. The molecule has 0 unspecified atom stereocenters. The number of carbonyl (C=O) groups is 1. The van der Waals surface area contributed by atoms with Gasteiger partial charge in [0.05, 0.1) is 23.4 Å². The van der Waals surface area contributed by atoms with Crippen LogP contribution in [0.1, 0.15) is 16.8 Å². The Bertz CT molecular complexity index is 739. The Morgan fingerprint density at radius 2 is 2.15 bits per heavy atom. The SMILES string of the molecule is CO[C@@H]1C[C@H](CNC(=O)c2cnccc2N(C)C)N(c2ccncn2)C1. The molecular formula is C18H24N6O2. The molecule has 2 aromatic heterocycles. The summed E-state index contributed by atoms with van der Waals surface area (Å²) in [6.45, 7) is 1.24. The summed E-state index contributed by atoms with van der Waals surface area (Å²) in [7, 11) is 5.52. The first-order valence-corrected chi connectivity index (χ1v) is 8.55. The monoisotopic (exact) mass is 356 g/mol. The van der Waals surface area contributed by atoms with Gasteiger partial charge in [-0.3, -0.25) is 9.78 Å². The highest BCUT2D eigenvalue weighted by Gasteiger charge is 2.33. The smallest absolute Gasteiger partial charge is 0.255 e. The summed E-state index contributed by atoms with van der Waals surface area (Å²) in [5.74, 6) is 0.708. The van der Waals surface area contributed by atoms with E-state index in [0.717, 1.165) is 24.5 Å². The van der Waals surface area contributed by atoms with Gasteiger partial charge in [0.1, 0.15) is 12.1 Å². The van der Waals surface area contributed by atoms with Crippen molar-refractivity contribution in [2.45, 2.75) is 18.6 Å². The number of ether oxygens (including phenoxy) is 1. The average Bonchev–Trinajstić information content (AvgIpc) is 3.10. The molecule has 1 fully saturated rings. The average molecular weight is 356 g/mol. The van der Waals surface area contributed by atoms with Gasteiger partial charge < -0.3 is 19.9 Å². The molecule has 0 saturated carbocycles. The fourth-order valence-electron chi connectivity index (χ4n) is 3.23. The number of aromatic nitrogens is 3. The standard InChI is InChI=1S/C18H24N6O2/c1-23(2)16-4-6-19-10-15(16)18(25)21-9-13-8-14(26-3)11-24(13)17-5-7-20-12-22-17/h4-7,10,12-14H,8-9,11H2,1-3H3,(H,21,25)/t13-,14-/m1/s1. The van der Waals surface area contributed by atoms with Crippen molar-refractivity contribution >= 4 is 17.4 Å². The van der Waals surface area contributed by atoms with Crippen LogP contribution in [0.2, 0.25) is 0 Å². The number of nitrogens with one attached hydrogen (secondary N) is 1. The molecule has 0 bridgehead atoms. The van der Waals surface area contributed by atoms with Crippen molar-refractivity contribution in [2.75, 3.05) is 44.1 Å². The van der Waals surface area contributed by atoms with E-state index in [9.17, 15) is 4.79 Å². The number of rotatable bonds is 6. The zero-order valence-electron chi connectivity index (χ0n) is 15.3. The summed E-state index contributed by atoms with van der Waals surface area (Å²) in [5, 5.41) is 3.03. The van der Waals surface area contributed by atoms with Crippen molar-refractivity contribution in [1.29, 1.82) is 0 Å². The van der Waals surface area contributed by atoms with Crippen molar-refractivity contribution < 1.29 is 9.53 Å². The molecule has 3 heterocycles. The van der Waals surface area contributed by atoms with Crippen LogP contribution in [0.3, 0.4) is 0 Å². The second kappa shape index (κ2) is 8.09. The maximum atomic E-state index is 12.7. The van der Waals surface area contributed by atoms with Gasteiger partial charge >= 0.3 is 0 Å². The van der Waals surface area contributed by atoms with E-state index >= 15 is 0 Å². The third-order valence-electron chi connectivity index (χ3n) is 4.59. The van der Waals surface area contributed by atoms with E-state index in [2.05, 4.69) is 25.2 Å². The van der Waals surface area contributed by atoms with Crippen LogP contribution in [-0.2, 0) is 4.74 Å². The van der Waals surface area contributed by atoms with E-state index in [-0.39, 0.29) is 18.1 Å². The van der Waals surface area contributed by atoms with Gasteiger partial charge in [-0.25, -0.2) is 9.97 Å². The van der Waals surface area contributed by atoms with E-state index in [1.165, 1.54) is 6.33 Å². The Morgan fingerprint density at radius 3 is 2.85 bits per heavy atom. The minimum Gasteiger partial charge on any atom is -0.380 e. The Hall–Kier alpha value is -2.74. The highest BCUT2D eigenvalue weighted by molar-refractivity contribution is 5.99. The van der Waals surface area contributed by atoms with Gasteiger partial charge in [0.25, 0.3) is 5.91 Å². The number of nitrogens with zero attached hydrogens (tertiary/aromatic N) is 5. The fraction of sp³-hybridized carbons (Fsp3) is 0.444. The molecule has 0 spiro atoms. The van der Waals surface area contributed by atoms with Gasteiger partial charge in [0, 0.05) is 52.9 Å². The molecule has 8 heteroatoms. The van der Waals surface area contributed by atoms with E-state index in [4.69, 9.17) is 4.74 Å². The first-order chi connectivity index (χ1) is 12.6. The van der Waals surface area contributed by atoms with Gasteiger partial charge in [-0.15, -0.1) is 0 Å². The first-order valence-electron chi connectivity index (χ1n) is 8.55. The van der Waals surface area contributed by atoms with Crippen molar-refractivity contribution in [3.8, 4) is 0 Å². The van der Waals surface area contributed by atoms with Crippen LogP contribution in [0.15, 0.2) is 37.1 Å². The normalized spacial score (nSPS) is 19.4. The van der Waals surface area contributed by atoms with Crippen LogP contribution in [-0.4, -0.2) is 67.3 Å². The second-order valence-corrected chi connectivity index (χ2v) is 6.46. The van der Waals surface area contributed by atoms with Gasteiger partial charge in [-0.1, -0.05) is 0 Å². The van der Waals surface area contributed by atoms with Gasteiger partial charge in [-0.2, -0.15) is 0 Å². The van der Waals surface area contributed by atoms with Crippen LogP contribution >= 0.6 is 0 Å². The van der Waals surface area contributed by atoms with Crippen LogP contribution in [0.5, 0.6) is 0 Å². The zero-order chi connectivity index (χ0) is 18.5. The van der Waals surface area contributed by atoms with E-state index in [1.807, 2.05) is 31.1 Å². The molecule has 1 aliphatic heterocycles. The van der Waals surface area contributed by atoms with Crippen LogP contribution in [0.4, 0.5) is 11.5 Å². The summed E-state index contributed by atoms with van der Waals surface area (Å²) >= 11 is 0. The van der Waals surface area contributed by atoms with Crippen LogP contribution in [0, 0.1) is 0 Å². The molecular weight excluding hydrogens is 332 g/mol. The fourth-order valence-corrected chi connectivity index (χ4v) is 3.23. The Labute approximate surface area is 153 Å². The molecule has 138 valence electrons. The van der Waals surface area contributed by atoms with Crippen molar-refractivity contribution in [3.63, 3.8) is 0 Å². The molecule has 1 N–H and O–H groups in total. The lowest BCUT2D eigenvalue weighted by molar-refractivity contribution is 0.0946. The van der Waals surface area contributed by atoms with E-state index in [1.54, 1.807) is 25.7 Å². The summed E-state index contributed by atoms with van der Waals surface area (Å²) < 4.78 is 5.52. The maximum absolute atomic E-state index is 12.7. The quantitative estimate of drug-likeness (QED) is 0.825. The van der Waals surface area contributed by atoms with Crippen molar-refractivity contribution in [2.24, 2.45) is 0 Å². The lowest BCUT2D eigenvalue weighted by Crippen LogP contribution is -2.41. The second-order valence-electron chi connectivity index (χ2n) is 6.46. The van der Waals surface area contributed by atoms with Crippen LogP contribution in [0.25, 0.3) is 0 Å².